The number of nitrogen functional groups attached to an aromatic ring is 1. The van der Waals surface area contributed by atoms with Crippen LogP contribution in [0.3, 0.4) is 0 Å². The molecular weight excluding hydrogens is 372 g/mol. The summed E-state index contributed by atoms with van der Waals surface area (Å²) in [5.74, 6) is -0.548. The number of hydrogen-bond acceptors (Lipinski definition) is 7. The lowest BCUT2D eigenvalue weighted by Crippen LogP contribution is -2.58. The summed E-state index contributed by atoms with van der Waals surface area (Å²) in [6, 6.07) is 5.08. The van der Waals surface area contributed by atoms with Gasteiger partial charge in [-0.25, -0.2) is 9.78 Å². The number of nitrogens with one attached hydrogen (secondary N) is 2. The van der Waals surface area contributed by atoms with Gasteiger partial charge in [0.15, 0.2) is 0 Å². The van der Waals surface area contributed by atoms with Gasteiger partial charge in [-0.2, -0.15) is 0 Å². The Hall–Kier alpha value is -3.79. The van der Waals surface area contributed by atoms with Crippen molar-refractivity contribution in [1.82, 2.24) is 25.6 Å². The normalized spacial score (nSPS) is 13.1. The van der Waals surface area contributed by atoms with Crippen molar-refractivity contribution in [3.8, 4) is 11.3 Å². The Kier molecular flexibility index (Phi) is 5.84. The van der Waals surface area contributed by atoms with E-state index in [1.165, 1.54) is 6.20 Å². The van der Waals surface area contributed by atoms with Crippen LogP contribution in [0.5, 0.6) is 0 Å². The Morgan fingerprint density at radius 1 is 1.21 bits per heavy atom. The number of carbonyl (C=O) groups is 2. The molecule has 10 nitrogen and oxygen atoms in total. The van der Waals surface area contributed by atoms with E-state index in [1.54, 1.807) is 24.5 Å². The molecule has 10 heteroatoms. The first-order valence-corrected chi connectivity index (χ1v) is 8.89. The predicted molar refractivity (Wildman–Crippen MR) is 110 cm³/mol. The molecule has 150 valence electrons. The van der Waals surface area contributed by atoms with Gasteiger partial charge in [-0.1, -0.05) is 0 Å². The largest absolute Gasteiger partial charge is 0.397 e. The summed E-state index contributed by atoms with van der Waals surface area (Å²) in [7, 11) is 0. The summed E-state index contributed by atoms with van der Waals surface area (Å²) in [5, 5.41) is 5.55. The van der Waals surface area contributed by atoms with E-state index in [2.05, 4.69) is 25.6 Å². The van der Waals surface area contributed by atoms with Gasteiger partial charge in [-0.05, 0) is 30.7 Å². The fourth-order valence-corrected chi connectivity index (χ4v) is 2.74. The van der Waals surface area contributed by atoms with E-state index in [1.807, 2.05) is 13.0 Å². The van der Waals surface area contributed by atoms with Gasteiger partial charge in [0.2, 0.25) is 5.91 Å². The molecule has 1 saturated heterocycles. The molecule has 0 unspecified atom stereocenters. The van der Waals surface area contributed by atoms with Crippen LogP contribution in [0.25, 0.3) is 22.3 Å². The van der Waals surface area contributed by atoms with Crippen LogP contribution in [0.4, 0.5) is 10.5 Å². The van der Waals surface area contributed by atoms with Gasteiger partial charge in [0.1, 0.15) is 5.52 Å². The standard InChI is InChI=1S/C15H13N5O.C4H9N3O/c1-8-2-3-18-7-10(8)12-5-11(16)14-13(20-12)4-9(6-19-14)15(17)21;5-4(8)7-3-1-6-2-3/h2-7H,1H3,(H2,16,20)(H2,17,21);3,6H,1-2H2,(H3,5,7,8). The van der Waals surface area contributed by atoms with Crippen molar-refractivity contribution in [2.45, 2.75) is 13.0 Å². The number of anilines is 1. The summed E-state index contributed by atoms with van der Waals surface area (Å²) in [5.41, 5.74) is 20.6. The third-order valence-electron chi connectivity index (χ3n) is 4.40. The molecule has 3 aromatic heterocycles. The third-order valence-corrected chi connectivity index (χ3v) is 4.40. The summed E-state index contributed by atoms with van der Waals surface area (Å²) in [4.78, 5) is 34.1. The summed E-state index contributed by atoms with van der Waals surface area (Å²) in [6.07, 6.45) is 4.85. The monoisotopic (exact) mass is 394 g/mol. The fraction of sp³-hybridized carbons (Fsp3) is 0.211. The quantitative estimate of drug-likeness (QED) is 0.424. The van der Waals surface area contributed by atoms with Gasteiger partial charge >= 0.3 is 6.03 Å². The zero-order chi connectivity index (χ0) is 21.0. The lowest BCUT2D eigenvalue weighted by molar-refractivity contribution is 0.1000. The maximum atomic E-state index is 11.3. The van der Waals surface area contributed by atoms with Crippen LogP contribution >= 0.6 is 0 Å². The van der Waals surface area contributed by atoms with Gasteiger partial charge in [-0.3, -0.25) is 14.8 Å². The number of carbonyl (C=O) groups excluding carboxylic acids is 2. The van der Waals surface area contributed by atoms with E-state index < -0.39 is 11.9 Å². The molecule has 0 saturated carbocycles. The SMILES string of the molecule is Cc1ccncc1-c1cc(N)c2ncc(C(N)=O)cc2n1.NC(=O)NC1CNC1. The maximum Gasteiger partial charge on any atom is 0.312 e. The Morgan fingerprint density at radius 3 is 2.52 bits per heavy atom. The molecule has 3 aromatic rings. The van der Waals surface area contributed by atoms with E-state index in [0.29, 0.717) is 28.0 Å². The van der Waals surface area contributed by atoms with Crippen LogP contribution in [-0.2, 0) is 0 Å². The first-order chi connectivity index (χ1) is 13.8. The van der Waals surface area contributed by atoms with Crippen molar-refractivity contribution in [3.05, 3.63) is 47.9 Å². The second-order valence-electron chi connectivity index (χ2n) is 6.61. The highest BCUT2D eigenvalue weighted by atomic mass is 16.2. The predicted octanol–water partition coefficient (Wildman–Crippen LogP) is 0.308. The van der Waals surface area contributed by atoms with E-state index in [0.717, 1.165) is 24.2 Å². The van der Waals surface area contributed by atoms with Crippen molar-refractivity contribution in [3.63, 3.8) is 0 Å². The number of nitrogens with zero attached hydrogens (tertiary/aromatic N) is 3. The molecule has 0 atom stereocenters. The number of aromatic nitrogens is 3. The molecule has 4 rings (SSSR count). The maximum absolute atomic E-state index is 11.3. The Morgan fingerprint density at radius 2 is 1.97 bits per heavy atom. The second kappa shape index (κ2) is 8.48. The van der Waals surface area contributed by atoms with E-state index in [-0.39, 0.29) is 6.04 Å². The number of primary amides is 2. The van der Waals surface area contributed by atoms with E-state index >= 15 is 0 Å². The molecule has 1 fully saturated rings. The van der Waals surface area contributed by atoms with Crippen molar-refractivity contribution < 1.29 is 9.59 Å². The first-order valence-electron chi connectivity index (χ1n) is 8.89. The minimum Gasteiger partial charge on any atom is -0.397 e. The highest BCUT2D eigenvalue weighted by Crippen LogP contribution is 2.26. The molecule has 0 aliphatic carbocycles. The van der Waals surface area contributed by atoms with Crippen LogP contribution in [0.15, 0.2) is 36.8 Å². The molecule has 3 amide bonds. The van der Waals surface area contributed by atoms with Crippen LogP contribution in [0.1, 0.15) is 15.9 Å². The van der Waals surface area contributed by atoms with Crippen molar-refractivity contribution >= 4 is 28.7 Å². The van der Waals surface area contributed by atoms with Gasteiger partial charge in [-0.15, -0.1) is 0 Å². The number of rotatable bonds is 3. The molecule has 0 bridgehead atoms. The number of fused-ring (bicyclic) bond motifs is 1. The average molecular weight is 394 g/mol. The number of urea groups is 1. The number of hydrogen-bond donors (Lipinski definition) is 5. The zero-order valence-corrected chi connectivity index (χ0v) is 15.8. The van der Waals surface area contributed by atoms with Gasteiger partial charge in [0.05, 0.1) is 28.5 Å². The van der Waals surface area contributed by atoms with Crippen LogP contribution in [0.2, 0.25) is 0 Å². The fourth-order valence-electron chi connectivity index (χ4n) is 2.74. The van der Waals surface area contributed by atoms with Gasteiger partial charge < -0.3 is 27.8 Å². The van der Waals surface area contributed by atoms with Crippen molar-refractivity contribution in [2.24, 2.45) is 11.5 Å². The minimum absolute atomic E-state index is 0.271. The molecule has 0 radical (unpaired) electrons. The Balaban J connectivity index is 0.000000252. The van der Waals surface area contributed by atoms with Crippen molar-refractivity contribution in [1.29, 1.82) is 0 Å². The molecule has 4 heterocycles. The number of nitrogens with two attached hydrogens (primary N) is 3. The highest BCUT2D eigenvalue weighted by Gasteiger charge is 2.16. The summed E-state index contributed by atoms with van der Waals surface area (Å²) < 4.78 is 0. The Bertz CT molecular complexity index is 1070. The van der Waals surface area contributed by atoms with Gasteiger partial charge in [0.25, 0.3) is 0 Å². The Labute approximate surface area is 166 Å². The van der Waals surface area contributed by atoms with Gasteiger partial charge in [0, 0.05) is 37.2 Å². The van der Waals surface area contributed by atoms with Crippen LogP contribution in [0, 0.1) is 6.92 Å². The highest BCUT2D eigenvalue weighted by molar-refractivity contribution is 5.98. The molecule has 8 N–H and O–H groups in total. The topological polar surface area (TPSA) is 175 Å². The molecule has 1 aliphatic rings. The van der Waals surface area contributed by atoms with Crippen LogP contribution < -0.4 is 27.8 Å². The minimum atomic E-state index is -0.548. The van der Waals surface area contributed by atoms with E-state index in [9.17, 15) is 9.59 Å². The summed E-state index contributed by atoms with van der Waals surface area (Å²) >= 11 is 0. The lowest BCUT2D eigenvalue weighted by atomic mass is 10.1. The molecule has 0 spiro atoms. The summed E-state index contributed by atoms with van der Waals surface area (Å²) in [6.45, 7) is 3.67. The van der Waals surface area contributed by atoms with Crippen LogP contribution in [-0.4, -0.2) is 46.0 Å². The smallest absolute Gasteiger partial charge is 0.312 e. The first kappa shape index (κ1) is 20.0. The van der Waals surface area contributed by atoms with Crippen molar-refractivity contribution in [2.75, 3.05) is 18.8 Å². The zero-order valence-electron chi connectivity index (χ0n) is 15.8. The second-order valence-corrected chi connectivity index (χ2v) is 6.61. The third kappa shape index (κ3) is 4.74. The molecule has 1 aliphatic heterocycles. The molecule has 0 aromatic carbocycles. The average Bonchev–Trinajstić information content (AvgIpc) is 2.65. The molecule has 29 heavy (non-hydrogen) atoms. The van der Waals surface area contributed by atoms with E-state index in [4.69, 9.17) is 17.2 Å². The number of aryl methyl sites for hydroxylation is 1. The number of pyridine rings is 3. The number of amides is 3. The molecular formula is C19H22N8O2. The lowest BCUT2D eigenvalue weighted by Gasteiger charge is -2.26.